The van der Waals surface area contributed by atoms with Gasteiger partial charge >= 0.3 is 0 Å². The average molecular weight is 589 g/mol. The maximum absolute atomic E-state index is 13.0. The average Bonchev–Trinajstić information content (AvgIpc) is 3.64. The molecule has 2 bridgehead atoms. The second kappa shape index (κ2) is 12.0. The molecule has 4 aromatic rings. The first-order chi connectivity index (χ1) is 19.9. The Morgan fingerprint density at radius 3 is 2.88 bits per heavy atom. The van der Waals surface area contributed by atoms with Crippen LogP contribution in [0.1, 0.15) is 55.5 Å². The van der Waals surface area contributed by atoms with E-state index in [9.17, 15) is 9.35 Å². The maximum Gasteiger partial charge on any atom is 0.226 e. The van der Waals surface area contributed by atoms with Crippen LogP contribution >= 0.6 is 12.2 Å². The van der Waals surface area contributed by atoms with Crippen LogP contribution in [0.3, 0.4) is 0 Å². The van der Waals surface area contributed by atoms with E-state index in [-0.39, 0.29) is 12.3 Å². The fraction of sp³-hybridized carbons (Fsp3) is 0.387. The Morgan fingerprint density at radius 1 is 1.27 bits per heavy atom. The number of aromatic amines is 1. The number of nitrogens with one attached hydrogen (secondary N) is 2. The molecule has 2 aromatic carbocycles. The molecule has 8 nitrogen and oxygen atoms in total. The van der Waals surface area contributed by atoms with Gasteiger partial charge in [0.1, 0.15) is 10.7 Å². The summed E-state index contributed by atoms with van der Waals surface area (Å²) in [5.74, 6) is 1.12. The first-order valence-electron chi connectivity index (χ1n) is 14.3. The van der Waals surface area contributed by atoms with Gasteiger partial charge in [0, 0.05) is 70.6 Å². The van der Waals surface area contributed by atoms with E-state index in [1.54, 1.807) is 12.5 Å². The summed E-state index contributed by atoms with van der Waals surface area (Å²) >= 11 is 4.36. The number of fused-ring (bicyclic) bond motifs is 4. The summed E-state index contributed by atoms with van der Waals surface area (Å²) < 4.78 is 17.7. The van der Waals surface area contributed by atoms with Crippen LogP contribution in [0, 0.1) is 5.92 Å². The summed E-state index contributed by atoms with van der Waals surface area (Å²) in [6.45, 7) is 3.41. The zero-order chi connectivity index (χ0) is 28.5. The largest absolute Gasteiger partial charge is 0.598 e. The number of nitrogens with zero attached hydrogens (tertiary/aromatic N) is 3. The number of carbonyl (C=O) groups is 1. The van der Waals surface area contributed by atoms with Gasteiger partial charge in [0.25, 0.3) is 0 Å². The number of piperidine rings is 2. The first-order valence-corrected chi connectivity index (χ1v) is 16.0. The van der Waals surface area contributed by atoms with Crippen molar-refractivity contribution in [1.82, 2.24) is 24.2 Å². The van der Waals surface area contributed by atoms with Crippen LogP contribution in [-0.2, 0) is 29.1 Å². The Balaban J connectivity index is 1.33. The molecule has 3 fully saturated rings. The molecule has 0 spiro atoms. The van der Waals surface area contributed by atoms with E-state index < -0.39 is 11.4 Å². The van der Waals surface area contributed by atoms with Gasteiger partial charge in [-0.25, -0.2) is 4.98 Å². The summed E-state index contributed by atoms with van der Waals surface area (Å²) in [4.78, 5) is 19.9. The van der Waals surface area contributed by atoms with E-state index in [4.69, 9.17) is 18.0 Å². The van der Waals surface area contributed by atoms with Crippen molar-refractivity contribution in [2.24, 2.45) is 11.7 Å². The molecule has 4 unspecified atom stereocenters. The Labute approximate surface area is 249 Å². The Kier molecular flexibility index (Phi) is 8.16. The van der Waals surface area contributed by atoms with Crippen molar-refractivity contribution < 1.29 is 9.35 Å². The predicted molar refractivity (Wildman–Crippen MR) is 168 cm³/mol. The van der Waals surface area contributed by atoms with Crippen molar-refractivity contribution in [1.29, 1.82) is 0 Å². The fourth-order valence-corrected chi connectivity index (χ4v) is 8.09. The molecule has 4 heterocycles. The zero-order valence-corrected chi connectivity index (χ0v) is 24.8. The van der Waals surface area contributed by atoms with Crippen LogP contribution in [0.5, 0.6) is 0 Å². The van der Waals surface area contributed by atoms with Crippen LogP contribution in [-0.4, -0.2) is 52.6 Å². The first kappa shape index (κ1) is 28.0. The maximum atomic E-state index is 13.0. The van der Waals surface area contributed by atoms with Crippen molar-refractivity contribution in [2.45, 2.75) is 57.7 Å². The topological polar surface area (TPSA) is 115 Å². The van der Waals surface area contributed by atoms with Crippen molar-refractivity contribution in [3.05, 3.63) is 78.0 Å². The molecule has 2 aromatic heterocycles. The fourth-order valence-electron chi connectivity index (χ4n) is 6.49. The number of amides is 1. The molecular weight excluding hydrogens is 553 g/mol. The Bertz CT molecular complexity index is 1550. The highest BCUT2D eigenvalue weighted by Gasteiger charge is 2.46. The van der Waals surface area contributed by atoms with Gasteiger partial charge in [-0.3, -0.25) is 4.79 Å². The van der Waals surface area contributed by atoms with Gasteiger partial charge in [0.05, 0.1) is 18.8 Å². The van der Waals surface area contributed by atoms with Crippen LogP contribution in [0.4, 0.5) is 0 Å². The molecule has 1 aliphatic carbocycles. The molecule has 4 atom stereocenters. The van der Waals surface area contributed by atoms with Crippen LogP contribution in [0.2, 0.25) is 0 Å². The summed E-state index contributed by atoms with van der Waals surface area (Å²) in [6.07, 6.45) is 9.97. The number of hydrogen-bond donors (Lipinski definition) is 3. The number of aromatic nitrogens is 3. The molecule has 2 aliphatic heterocycles. The molecule has 3 aliphatic rings. The van der Waals surface area contributed by atoms with Crippen LogP contribution in [0.25, 0.3) is 22.0 Å². The molecule has 2 saturated heterocycles. The molecule has 1 saturated carbocycles. The quantitative estimate of drug-likeness (QED) is 0.184. The number of imidazole rings is 1. The lowest BCUT2D eigenvalue weighted by atomic mass is 9.77. The van der Waals surface area contributed by atoms with Gasteiger partial charge < -0.3 is 25.2 Å². The Hall–Kier alpha value is -3.18. The Morgan fingerprint density at radius 2 is 2.15 bits per heavy atom. The summed E-state index contributed by atoms with van der Waals surface area (Å²) in [5.41, 5.74) is 12.0. The molecule has 7 rings (SSSR count). The number of rotatable bonds is 10. The minimum Gasteiger partial charge on any atom is -0.598 e. The van der Waals surface area contributed by atoms with E-state index in [0.29, 0.717) is 29.5 Å². The third kappa shape index (κ3) is 5.79. The molecule has 214 valence electrons. The summed E-state index contributed by atoms with van der Waals surface area (Å²) in [6, 6.07) is 15.2. The van der Waals surface area contributed by atoms with Gasteiger partial charge in [-0.05, 0) is 54.9 Å². The van der Waals surface area contributed by atoms with E-state index in [0.717, 1.165) is 76.8 Å². The molecule has 41 heavy (non-hydrogen) atoms. The molecule has 10 heteroatoms. The third-order valence-corrected chi connectivity index (χ3v) is 10.5. The smallest absolute Gasteiger partial charge is 0.226 e. The highest BCUT2D eigenvalue weighted by atomic mass is 32.2. The van der Waals surface area contributed by atoms with E-state index >= 15 is 0 Å². The second-order valence-electron chi connectivity index (χ2n) is 11.2. The second-order valence-corrected chi connectivity index (χ2v) is 13.2. The van der Waals surface area contributed by atoms with Gasteiger partial charge in [-0.1, -0.05) is 49.5 Å². The van der Waals surface area contributed by atoms with E-state index in [1.165, 1.54) is 0 Å². The third-order valence-electron chi connectivity index (χ3n) is 8.50. The number of nitrogens with two attached hydrogens (primary N) is 1. The highest BCUT2D eigenvalue weighted by Crippen LogP contribution is 2.46. The normalized spacial score (nSPS) is 21.3. The molecule has 0 radical (unpaired) electrons. The van der Waals surface area contributed by atoms with Crippen molar-refractivity contribution in [2.75, 3.05) is 12.3 Å². The summed E-state index contributed by atoms with van der Waals surface area (Å²) in [7, 11) is 0. The molecule has 1 amide bonds. The number of hydrogen-bond acceptors (Lipinski definition) is 5. The monoisotopic (exact) mass is 588 g/mol. The minimum absolute atomic E-state index is 0.0512. The van der Waals surface area contributed by atoms with Crippen molar-refractivity contribution >= 4 is 45.4 Å². The lowest BCUT2D eigenvalue weighted by molar-refractivity contribution is -0.120. The lowest BCUT2D eigenvalue weighted by Crippen LogP contribution is -2.54. The highest BCUT2D eigenvalue weighted by molar-refractivity contribution is 7.89. The van der Waals surface area contributed by atoms with Gasteiger partial charge in [0.15, 0.2) is 0 Å². The van der Waals surface area contributed by atoms with E-state index in [1.807, 2.05) is 12.1 Å². The van der Waals surface area contributed by atoms with Gasteiger partial charge in [-0.15, -0.1) is 4.31 Å². The standard InChI is InChI=1S/C31H36N6O2S2/c1-2-10-41(39)37-17-23-7-8-25(37)14-28(23)36-18-27(21-4-3-5-22(12-21)31(32)40)26-9-6-20(11-29(26)36)15-34-30(38)13-24-16-33-19-35-24/h3-6,9,11-12,16,18-19,23,25,28H,2,7-8,10,13-15,17H2,1H3,(H2,32,40)(H,33,35)(H,34,38). The lowest BCUT2D eigenvalue weighted by Gasteiger charge is -2.48. The number of thiocarbonyl (C=S) groups is 1. The number of H-pyrrole nitrogens is 1. The molecule has 4 N–H and O–H groups in total. The zero-order valence-electron chi connectivity index (χ0n) is 23.2. The molecular formula is C31H36N6O2S2. The predicted octanol–water partition coefficient (Wildman–Crippen LogP) is 4.62. The number of benzene rings is 2. The van der Waals surface area contributed by atoms with Crippen LogP contribution < -0.4 is 11.1 Å². The SMILES string of the molecule is CCC[S+]([O-])N1CC2CCC1CC2n1cc(-c2cccc(C(N)=S)c2)c2ccc(CNC(=O)Cc3cnc[nH]3)cc21. The van der Waals surface area contributed by atoms with Crippen molar-refractivity contribution in [3.8, 4) is 11.1 Å². The van der Waals surface area contributed by atoms with Gasteiger partial charge in [0.2, 0.25) is 5.91 Å². The van der Waals surface area contributed by atoms with E-state index in [2.05, 4.69) is 67.6 Å². The van der Waals surface area contributed by atoms with Gasteiger partial charge in [-0.2, -0.15) is 0 Å². The number of carbonyl (C=O) groups excluding carboxylic acids is 1. The van der Waals surface area contributed by atoms with Crippen molar-refractivity contribution in [3.63, 3.8) is 0 Å². The van der Waals surface area contributed by atoms with Crippen LogP contribution in [0.15, 0.2) is 61.2 Å². The minimum atomic E-state index is -0.906. The summed E-state index contributed by atoms with van der Waals surface area (Å²) in [5, 5.41) is 4.21.